The first kappa shape index (κ1) is 15.0. The lowest BCUT2D eigenvalue weighted by Gasteiger charge is -2.16. The van der Waals surface area contributed by atoms with Gasteiger partial charge in [-0.05, 0) is 35.9 Å². The van der Waals surface area contributed by atoms with Crippen molar-refractivity contribution in [3.05, 3.63) is 57.8 Å². The predicted octanol–water partition coefficient (Wildman–Crippen LogP) is 3.38. The molecule has 1 aromatic carbocycles. The third-order valence-electron chi connectivity index (χ3n) is 3.00. The molecule has 2 aromatic rings. The molecule has 0 fully saturated rings. The minimum absolute atomic E-state index is 0.0860. The van der Waals surface area contributed by atoms with Gasteiger partial charge in [-0.1, -0.05) is 24.3 Å². The summed E-state index contributed by atoms with van der Waals surface area (Å²) < 4.78 is 38.0. The first-order valence-electron chi connectivity index (χ1n) is 6.13. The Morgan fingerprint density at radius 2 is 1.95 bits per heavy atom. The van der Waals surface area contributed by atoms with Crippen LogP contribution in [0.25, 0.3) is 0 Å². The maximum absolute atomic E-state index is 12.7. The van der Waals surface area contributed by atoms with Crippen LogP contribution in [0.5, 0.6) is 0 Å². The number of halogens is 3. The van der Waals surface area contributed by atoms with E-state index in [9.17, 15) is 13.2 Å². The maximum Gasteiger partial charge on any atom is 0.416 e. The van der Waals surface area contributed by atoms with Gasteiger partial charge in [-0.25, -0.2) is 0 Å². The number of nitrogens with two attached hydrogens (primary N) is 1. The molecule has 0 aliphatic rings. The summed E-state index contributed by atoms with van der Waals surface area (Å²) >= 11 is 1.61. The normalized spacial score (nSPS) is 13.4. The molecule has 0 radical (unpaired) electrons. The topological polar surface area (TPSA) is 38.0 Å². The molecule has 1 unspecified atom stereocenters. The lowest BCUT2D eigenvalue weighted by molar-refractivity contribution is -0.137. The molecule has 0 aliphatic carbocycles. The van der Waals surface area contributed by atoms with E-state index < -0.39 is 11.7 Å². The summed E-state index contributed by atoms with van der Waals surface area (Å²) in [4.78, 5) is 1.15. The highest BCUT2D eigenvalue weighted by atomic mass is 32.1. The van der Waals surface area contributed by atoms with E-state index in [-0.39, 0.29) is 6.04 Å². The van der Waals surface area contributed by atoms with Crippen LogP contribution in [0.1, 0.15) is 16.0 Å². The summed E-state index contributed by atoms with van der Waals surface area (Å²) in [5, 5.41) is 1.97. The van der Waals surface area contributed by atoms with E-state index in [4.69, 9.17) is 5.84 Å². The smallest absolute Gasteiger partial charge is 0.271 e. The van der Waals surface area contributed by atoms with Gasteiger partial charge < -0.3 is 0 Å². The predicted molar refractivity (Wildman–Crippen MR) is 74.3 cm³/mol. The second-order valence-electron chi connectivity index (χ2n) is 4.55. The van der Waals surface area contributed by atoms with Crippen molar-refractivity contribution < 1.29 is 13.2 Å². The highest BCUT2D eigenvalue weighted by molar-refractivity contribution is 7.09. The molecule has 20 heavy (non-hydrogen) atoms. The molecule has 2 nitrogen and oxygen atoms in total. The molecule has 0 spiro atoms. The summed E-state index contributed by atoms with van der Waals surface area (Å²) in [6.07, 6.45) is -3.15. The van der Waals surface area contributed by atoms with E-state index in [0.717, 1.165) is 10.9 Å². The number of rotatable bonds is 5. The molecule has 108 valence electrons. The summed E-state index contributed by atoms with van der Waals surface area (Å²) in [6.45, 7) is 0. The van der Waals surface area contributed by atoms with E-state index in [2.05, 4.69) is 5.43 Å². The van der Waals surface area contributed by atoms with Crippen molar-refractivity contribution in [3.8, 4) is 0 Å². The van der Waals surface area contributed by atoms with Crippen molar-refractivity contribution in [2.24, 2.45) is 5.84 Å². The van der Waals surface area contributed by atoms with Crippen LogP contribution in [0.3, 0.4) is 0 Å². The summed E-state index contributed by atoms with van der Waals surface area (Å²) in [5.41, 5.74) is 2.67. The molecule has 1 aromatic heterocycles. The second kappa shape index (κ2) is 6.39. The Labute approximate surface area is 119 Å². The summed E-state index contributed by atoms with van der Waals surface area (Å²) in [7, 11) is 0. The van der Waals surface area contributed by atoms with Gasteiger partial charge in [0.15, 0.2) is 0 Å². The molecule has 0 aliphatic heterocycles. The lowest BCUT2D eigenvalue weighted by Crippen LogP contribution is -2.38. The van der Waals surface area contributed by atoms with E-state index >= 15 is 0 Å². The molecule has 1 heterocycles. The van der Waals surface area contributed by atoms with Crippen LogP contribution in [-0.2, 0) is 19.0 Å². The third-order valence-corrected chi connectivity index (χ3v) is 3.90. The molecule has 0 amide bonds. The molecule has 3 N–H and O–H groups in total. The molecule has 0 saturated heterocycles. The SMILES string of the molecule is NNC(Cc1cccc(C(F)(F)F)c1)Cc1cccs1. The van der Waals surface area contributed by atoms with E-state index in [1.165, 1.54) is 12.1 Å². The van der Waals surface area contributed by atoms with Crippen LogP contribution >= 0.6 is 11.3 Å². The molecular weight excluding hydrogens is 285 g/mol. The largest absolute Gasteiger partial charge is 0.416 e. The van der Waals surface area contributed by atoms with Crippen molar-refractivity contribution in [3.63, 3.8) is 0 Å². The van der Waals surface area contributed by atoms with Gasteiger partial charge in [0, 0.05) is 10.9 Å². The molecular formula is C14H15F3N2S. The van der Waals surface area contributed by atoms with Crippen LogP contribution < -0.4 is 11.3 Å². The maximum atomic E-state index is 12.7. The van der Waals surface area contributed by atoms with Gasteiger partial charge in [0.1, 0.15) is 0 Å². The van der Waals surface area contributed by atoms with Gasteiger partial charge in [-0.15, -0.1) is 11.3 Å². The Hall–Kier alpha value is -1.37. The van der Waals surface area contributed by atoms with Gasteiger partial charge in [0.25, 0.3) is 0 Å². The molecule has 6 heteroatoms. The van der Waals surface area contributed by atoms with Crippen molar-refractivity contribution in [2.45, 2.75) is 25.1 Å². The van der Waals surface area contributed by atoms with Crippen molar-refractivity contribution in [1.29, 1.82) is 0 Å². The fourth-order valence-electron chi connectivity index (χ4n) is 2.02. The Kier molecular flexibility index (Phi) is 4.80. The first-order chi connectivity index (χ1) is 9.49. The number of thiophene rings is 1. The number of alkyl halides is 3. The minimum atomic E-state index is -4.31. The monoisotopic (exact) mass is 300 g/mol. The number of hydrogen-bond donors (Lipinski definition) is 2. The van der Waals surface area contributed by atoms with E-state index in [0.29, 0.717) is 18.4 Å². The molecule has 0 bridgehead atoms. The quantitative estimate of drug-likeness (QED) is 0.656. The Morgan fingerprint density at radius 3 is 2.55 bits per heavy atom. The zero-order valence-corrected chi connectivity index (χ0v) is 11.5. The highest BCUT2D eigenvalue weighted by Crippen LogP contribution is 2.29. The molecule has 2 rings (SSSR count). The fourth-order valence-corrected chi connectivity index (χ4v) is 2.81. The van der Waals surface area contributed by atoms with E-state index in [1.54, 1.807) is 17.4 Å². The van der Waals surface area contributed by atoms with Gasteiger partial charge in [-0.3, -0.25) is 11.3 Å². The van der Waals surface area contributed by atoms with Gasteiger partial charge in [-0.2, -0.15) is 13.2 Å². The first-order valence-corrected chi connectivity index (χ1v) is 7.01. The highest BCUT2D eigenvalue weighted by Gasteiger charge is 2.30. The minimum Gasteiger partial charge on any atom is -0.271 e. The third kappa shape index (κ3) is 4.06. The Balaban J connectivity index is 2.07. The fraction of sp³-hybridized carbons (Fsp3) is 0.286. The molecule has 1 atom stereocenters. The number of hydrazine groups is 1. The van der Waals surface area contributed by atoms with Crippen molar-refractivity contribution >= 4 is 11.3 Å². The van der Waals surface area contributed by atoms with Crippen LogP contribution in [0.4, 0.5) is 13.2 Å². The summed E-state index contributed by atoms with van der Waals surface area (Å²) in [5.74, 6) is 5.49. The average Bonchev–Trinajstić information content (AvgIpc) is 2.90. The van der Waals surface area contributed by atoms with Crippen molar-refractivity contribution in [1.82, 2.24) is 5.43 Å². The van der Waals surface area contributed by atoms with Crippen LogP contribution in [0.2, 0.25) is 0 Å². The summed E-state index contributed by atoms with van der Waals surface area (Å²) in [6, 6.07) is 9.22. The zero-order valence-electron chi connectivity index (χ0n) is 10.7. The second-order valence-corrected chi connectivity index (χ2v) is 5.58. The standard InChI is InChI=1S/C14H15F3N2S/c15-14(16,17)11-4-1-3-10(7-11)8-12(19-18)9-13-5-2-6-20-13/h1-7,12,19H,8-9,18H2. The number of benzene rings is 1. The van der Waals surface area contributed by atoms with Crippen LogP contribution in [0, 0.1) is 0 Å². The number of hydrogen-bond acceptors (Lipinski definition) is 3. The van der Waals surface area contributed by atoms with Gasteiger partial charge in [0.2, 0.25) is 0 Å². The zero-order chi connectivity index (χ0) is 14.6. The van der Waals surface area contributed by atoms with Gasteiger partial charge in [0.05, 0.1) is 5.56 Å². The van der Waals surface area contributed by atoms with Crippen LogP contribution in [-0.4, -0.2) is 6.04 Å². The van der Waals surface area contributed by atoms with Crippen molar-refractivity contribution in [2.75, 3.05) is 0 Å². The van der Waals surface area contributed by atoms with Gasteiger partial charge >= 0.3 is 6.18 Å². The van der Waals surface area contributed by atoms with Crippen LogP contribution in [0.15, 0.2) is 41.8 Å². The average molecular weight is 300 g/mol. The Morgan fingerprint density at radius 1 is 1.15 bits per heavy atom. The Bertz CT molecular complexity index is 538. The van der Waals surface area contributed by atoms with E-state index in [1.807, 2.05) is 17.5 Å². The molecule has 0 saturated carbocycles. The lowest BCUT2D eigenvalue weighted by atomic mass is 10.0. The number of nitrogens with one attached hydrogen (secondary N) is 1.